The van der Waals surface area contributed by atoms with Crippen molar-refractivity contribution in [1.82, 2.24) is 10.1 Å². The Labute approximate surface area is 199 Å². The number of hydrogen-bond acceptors (Lipinski definition) is 5. The van der Waals surface area contributed by atoms with Gasteiger partial charge in [-0.1, -0.05) is 57.5 Å². The highest BCUT2D eigenvalue weighted by atomic mass is 16.5. The van der Waals surface area contributed by atoms with Crippen LogP contribution in [0.2, 0.25) is 0 Å². The van der Waals surface area contributed by atoms with E-state index in [4.69, 9.17) is 19.4 Å². The molecule has 0 unspecified atom stereocenters. The molecule has 6 nitrogen and oxygen atoms in total. The van der Waals surface area contributed by atoms with Gasteiger partial charge in [0.15, 0.2) is 5.58 Å². The highest BCUT2D eigenvalue weighted by Crippen LogP contribution is 2.33. The molecule has 6 heteroatoms. The van der Waals surface area contributed by atoms with Gasteiger partial charge in [0.1, 0.15) is 5.75 Å². The van der Waals surface area contributed by atoms with Gasteiger partial charge in [-0.25, -0.2) is 0 Å². The summed E-state index contributed by atoms with van der Waals surface area (Å²) in [4.78, 5) is 15.7. The standard InChI is InChI=1S/C28H32N2O4/c1-5-6-22-25(12-11-21-24(17-28(2,3)4)30-34-27(21)22)33-14-13-20-10-9-19-8-7-18(16-26(31)32)15-23(19)29-20/h7-12,15H,5-6,13-14,16-17H2,1-4H3,(H,31,32). The molecular formula is C28H32N2O4. The van der Waals surface area contributed by atoms with Gasteiger partial charge in [0.2, 0.25) is 0 Å². The molecule has 2 aromatic carbocycles. The number of carboxylic acid groups (broad SMARTS) is 1. The molecule has 0 fully saturated rings. The molecule has 2 aromatic heterocycles. The summed E-state index contributed by atoms with van der Waals surface area (Å²) in [5.74, 6) is -0.0154. The van der Waals surface area contributed by atoms with Crippen molar-refractivity contribution in [2.45, 2.75) is 59.8 Å². The van der Waals surface area contributed by atoms with E-state index in [0.29, 0.717) is 13.0 Å². The highest BCUT2D eigenvalue weighted by molar-refractivity contribution is 5.85. The van der Waals surface area contributed by atoms with Gasteiger partial charge in [0.25, 0.3) is 0 Å². The van der Waals surface area contributed by atoms with Crippen LogP contribution in [0, 0.1) is 5.41 Å². The first kappa shape index (κ1) is 23.7. The number of carbonyl (C=O) groups is 1. The van der Waals surface area contributed by atoms with Crippen molar-refractivity contribution in [2.24, 2.45) is 5.41 Å². The first-order chi connectivity index (χ1) is 16.2. The third kappa shape index (κ3) is 5.56. The van der Waals surface area contributed by atoms with Gasteiger partial charge >= 0.3 is 5.97 Å². The fourth-order valence-corrected chi connectivity index (χ4v) is 4.24. The van der Waals surface area contributed by atoms with Crippen LogP contribution in [0.5, 0.6) is 5.75 Å². The van der Waals surface area contributed by atoms with E-state index in [1.54, 1.807) is 0 Å². The normalized spacial score (nSPS) is 11.9. The topological polar surface area (TPSA) is 85.5 Å². The van der Waals surface area contributed by atoms with E-state index in [1.165, 1.54) is 0 Å². The van der Waals surface area contributed by atoms with Crippen molar-refractivity contribution in [3.8, 4) is 5.75 Å². The molecule has 0 aliphatic rings. The molecule has 0 atom stereocenters. The Bertz CT molecular complexity index is 1320. The molecule has 1 N–H and O–H groups in total. The summed E-state index contributed by atoms with van der Waals surface area (Å²) in [6.45, 7) is 9.23. The highest BCUT2D eigenvalue weighted by Gasteiger charge is 2.20. The monoisotopic (exact) mass is 460 g/mol. The van der Waals surface area contributed by atoms with E-state index in [1.807, 2.05) is 36.4 Å². The maximum atomic E-state index is 11.0. The molecule has 0 aliphatic heterocycles. The van der Waals surface area contributed by atoms with Crippen LogP contribution in [-0.2, 0) is 30.5 Å². The maximum absolute atomic E-state index is 11.0. The first-order valence-corrected chi connectivity index (χ1v) is 11.9. The molecule has 0 amide bonds. The fourth-order valence-electron chi connectivity index (χ4n) is 4.24. The lowest BCUT2D eigenvalue weighted by atomic mass is 9.89. The third-order valence-electron chi connectivity index (χ3n) is 5.76. The second-order valence-corrected chi connectivity index (χ2v) is 10.0. The predicted molar refractivity (Wildman–Crippen MR) is 133 cm³/mol. The minimum Gasteiger partial charge on any atom is -0.493 e. The molecule has 178 valence electrons. The molecule has 4 rings (SSSR count). The Hall–Kier alpha value is -3.41. The number of ether oxygens (including phenoxy) is 1. The Morgan fingerprint density at radius 2 is 1.88 bits per heavy atom. The zero-order valence-electron chi connectivity index (χ0n) is 20.4. The quantitative estimate of drug-likeness (QED) is 0.322. The molecule has 0 aliphatic carbocycles. The van der Waals surface area contributed by atoms with Crippen LogP contribution in [0.15, 0.2) is 47.0 Å². The van der Waals surface area contributed by atoms with E-state index >= 15 is 0 Å². The molecule has 0 bridgehead atoms. The number of rotatable bonds is 9. The van der Waals surface area contributed by atoms with Crippen LogP contribution >= 0.6 is 0 Å². The Kier molecular flexibility index (Phi) is 6.87. The smallest absolute Gasteiger partial charge is 0.307 e. The number of pyridine rings is 1. The van der Waals surface area contributed by atoms with Crippen molar-refractivity contribution in [2.75, 3.05) is 6.61 Å². The number of aromatic nitrogens is 2. The number of aliphatic carboxylic acids is 1. The Morgan fingerprint density at radius 3 is 2.62 bits per heavy atom. The van der Waals surface area contributed by atoms with Crippen LogP contribution in [-0.4, -0.2) is 27.8 Å². The lowest BCUT2D eigenvalue weighted by molar-refractivity contribution is -0.136. The minimum absolute atomic E-state index is 0.00720. The van der Waals surface area contributed by atoms with E-state index in [-0.39, 0.29) is 11.8 Å². The van der Waals surface area contributed by atoms with Gasteiger partial charge in [0, 0.05) is 28.5 Å². The van der Waals surface area contributed by atoms with Crippen molar-refractivity contribution >= 4 is 27.8 Å². The van der Waals surface area contributed by atoms with Crippen LogP contribution in [0.25, 0.3) is 21.9 Å². The van der Waals surface area contributed by atoms with Crippen LogP contribution in [0.3, 0.4) is 0 Å². The lowest BCUT2D eigenvalue weighted by Gasteiger charge is -2.16. The summed E-state index contributed by atoms with van der Waals surface area (Å²) in [6.07, 6.45) is 3.34. The van der Waals surface area contributed by atoms with Crippen molar-refractivity contribution < 1.29 is 19.2 Å². The zero-order chi connectivity index (χ0) is 24.3. The molecular weight excluding hydrogens is 428 g/mol. The van der Waals surface area contributed by atoms with E-state index in [0.717, 1.165) is 69.4 Å². The van der Waals surface area contributed by atoms with Crippen molar-refractivity contribution in [3.05, 3.63) is 65.0 Å². The number of aryl methyl sites for hydroxylation is 1. The van der Waals surface area contributed by atoms with Gasteiger partial charge in [-0.3, -0.25) is 9.78 Å². The van der Waals surface area contributed by atoms with E-state index < -0.39 is 5.97 Å². The van der Waals surface area contributed by atoms with E-state index in [2.05, 4.69) is 38.9 Å². The van der Waals surface area contributed by atoms with Gasteiger partial charge in [-0.05, 0) is 48.1 Å². The molecule has 0 saturated carbocycles. The SMILES string of the molecule is CCCc1c(OCCc2ccc3ccc(CC(=O)O)cc3n2)ccc2c(CC(C)(C)C)noc12. The largest absolute Gasteiger partial charge is 0.493 e. The number of benzene rings is 2. The maximum Gasteiger partial charge on any atom is 0.307 e. The van der Waals surface area contributed by atoms with Gasteiger partial charge in [0.05, 0.1) is 24.2 Å². The molecule has 4 aromatic rings. The Balaban J connectivity index is 1.51. The Morgan fingerprint density at radius 1 is 1.09 bits per heavy atom. The number of carboxylic acids is 1. The number of nitrogens with zero attached hydrogens (tertiary/aromatic N) is 2. The predicted octanol–water partition coefficient (Wildman–Crippen LogP) is 6.17. The average molecular weight is 461 g/mol. The summed E-state index contributed by atoms with van der Waals surface area (Å²) in [5.41, 5.74) is 5.48. The van der Waals surface area contributed by atoms with Gasteiger partial charge in [-0.15, -0.1) is 0 Å². The molecule has 0 radical (unpaired) electrons. The van der Waals surface area contributed by atoms with Crippen LogP contribution in [0.1, 0.15) is 56.6 Å². The summed E-state index contributed by atoms with van der Waals surface area (Å²) in [7, 11) is 0. The minimum atomic E-state index is -0.846. The molecule has 0 spiro atoms. The number of fused-ring (bicyclic) bond motifs is 2. The van der Waals surface area contributed by atoms with Crippen LogP contribution < -0.4 is 4.74 Å². The second kappa shape index (κ2) is 9.84. The third-order valence-corrected chi connectivity index (χ3v) is 5.76. The zero-order valence-corrected chi connectivity index (χ0v) is 20.4. The molecule has 0 saturated heterocycles. The van der Waals surface area contributed by atoms with Gasteiger partial charge < -0.3 is 14.4 Å². The number of hydrogen-bond donors (Lipinski definition) is 1. The van der Waals surface area contributed by atoms with Crippen molar-refractivity contribution in [1.29, 1.82) is 0 Å². The lowest BCUT2D eigenvalue weighted by Crippen LogP contribution is -2.09. The van der Waals surface area contributed by atoms with Gasteiger partial charge in [-0.2, -0.15) is 0 Å². The second-order valence-electron chi connectivity index (χ2n) is 10.0. The molecule has 34 heavy (non-hydrogen) atoms. The first-order valence-electron chi connectivity index (χ1n) is 11.9. The molecule has 2 heterocycles. The van der Waals surface area contributed by atoms with Crippen molar-refractivity contribution in [3.63, 3.8) is 0 Å². The summed E-state index contributed by atoms with van der Waals surface area (Å²) in [6, 6.07) is 13.7. The van der Waals surface area contributed by atoms with E-state index in [9.17, 15) is 4.79 Å². The van der Waals surface area contributed by atoms with Crippen LogP contribution in [0.4, 0.5) is 0 Å². The summed E-state index contributed by atoms with van der Waals surface area (Å²) in [5, 5.41) is 15.5. The fraction of sp³-hybridized carbons (Fsp3) is 0.393. The summed E-state index contributed by atoms with van der Waals surface area (Å²) < 4.78 is 12.0. The average Bonchev–Trinajstić information content (AvgIpc) is 3.16. The summed E-state index contributed by atoms with van der Waals surface area (Å²) >= 11 is 0.